The van der Waals surface area contributed by atoms with E-state index >= 15 is 0 Å². The highest BCUT2D eigenvalue weighted by Crippen LogP contribution is 2.35. The molecule has 0 radical (unpaired) electrons. The molecule has 1 aliphatic rings. The van der Waals surface area contributed by atoms with Gasteiger partial charge in [-0.1, -0.05) is 23.7 Å². The van der Waals surface area contributed by atoms with Crippen molar-refractivity contribution in [2.24, 2.45) is 5.73 Å². The molecule has 2 amide bonds. The van der Waals surface area contributed by atoms with Crippen molar-refractivity contribution >= 4 is 23.6 Å². The molecule has 2 rings (SSSR count). The number of carbonyl (C=O) groups is 2. The summed E-state index contributed by atoms with van der Waals surface area (Å²) in [6, 6.07) is 6.99. The van der Waals surface area contributed by atoms with E-state index in [1.807, 2.05) is 0 Å². The molecule has 1 fully saturated rings. The number of halogens is 1. The van der Waals surface area contributed by atoms with E-state index in [1.54, 1.807) is 24.3 Å². The molecular weight excluding hydrogens is 268 g/mol. The van der Waals surface area contributed by atoms with Gasteiger partial charge in [0.1, 0.15) is 0 Å². The second-order valence-corrected chi connectivity index (χ2v) is 5.16. The minimum absolute atomic E-state index is 0.306. The lowest BCUT2D eigenvalue weighted by Gasteiger charge is -2.39. The van der Waals surface area contributed by atoms with Crippen molar-refractivity contribution in [1.82, 2.24) is 4.90 Å². The Morgan fingerprint density at radius 2 is 1.74 bits per heavy atom. The van der Waals surface area contributed by atoms with Gasteiger partial charge in [-0.2, -0.15) is 0 Å². The van der Waals surface area contributed by atoms with Crippen molar-refractivity contribution in [3.05, 3.63) is 34.9 Å². The van der Waals surface area contributed by atoms with Crippen LogP contribution < -0.4 is 5.73 Å². The van der Waals surface area contributed by atoms with Gasteiger partial charge in [-0.15, -0.1) is 0 Å². The van der Waals surface area contributed by atoms with Crippen LogP contribution in [-0.2, 0) is 10.2 Å². The van der Waals surface area contributed by atoms with Crippen molar-refractivity contribution in [1.29, 1.82) is 0 Å². The predicted molar refractivity (Wildman–Crippen MR) is 71.2 cm³/mol. The minimum Gasteiger partial charge on any atom is -0.465 e. The first-order valence-corrected chi connectivity index (χ1v) is 6.37. The van der Waals surface area contributed by atoms with Crippen molar-refractivity contribution in [2.45, 2.75) is 18.3 Å². The molecule has 19 heavy (non-hydrogen) atoms. The maximum Gasteiger partial charge on any atom is 0.407 e. The maximum atomic E-state index is 11.9. The third-order valence-corrected chi connectivity index (χ3v) is 4.01. The Hall–Kier alpha value is -1.75. The molecule has 5 nitrogen and oxygen atoms in total. The Morgan fingerprint density at radius 1 is 1.21 bits per heavy atom. The Bertz CT molecular complexity index is 493. The van der Waals surface area contributed by atoms with E-state index in [1.165, 1.54) is 4.90 Å². The molecular formula is C13H15ClN2O3. The van der Waals surface area contributed by atoms with E-state index in [2.05, 4.69) is 0 Å². The van der Waals surface area contributed by atoms with Crippen molar-refractivity contribution < 1.29 is 14.7 Å². The number of primary amides is 1. The van der Waals surface area contributed by atoms with E-state index in [-0.39, 0.29) is 0 Å². The smallest absolute Gasteiger partial charge is 0.407 e. The highest BCUT2D eigenvalue weighted by atomic mass is 35.5. The van der Waals surface area contributed by atoms with Crippen molar-refractivity contribution in [2.75, 3.05) is 13.1 Å². The van der Waals surface area contributed by atoms with Crippen LogP contribution in [0.25, 0.3) is 0 Å². The van der Waals surface area contributed by atoms with Gasteiger partial charge in [-0.25, -0.2) is 4.79 Å². The lowest BCUT2D eigenvalue weighted by molar-refractivity contribution is -0.125. The van der Waals surface area contributed by atoms with Gasteiger partial charge in [0.25, 0.3) is 0 Å². The van der Waals surface area contributed by atoms with Crippen LogP contribution in [0.4, 0.5) is 4.79 Å². The van der Waals surface area contributed by atoms with Crippen LogP contribution in [0.3, 0.4) is 0 Å². The molecule has 0 spiro atoms. The average molecular weight is 283 g/mol. The molecule has 0 atom stereocenters. The van der Waals surface area contributed by atoms with Gasteiger partial charge >= 0.3 is 6.09 Å². The van der Waals surface area contributed by atoms with E-state index in [0.29, 0.717) is 31.0 Å². The molecule has 0 aliphatic carbocycles. The normalized spacial score (nSPS) is 18.1. The number of nitrogens with two attached hydrogens (primary N) is 1. The highest BCUT2D eigenvalue weighted by Gasteiger charge is 2.42. The monoisotopic (exact) mass is 282 g/mol. The first kappa shape index (κ1) is 13.7. The molecule has 6 heteroatoms. The Morgan fingerprint density at radius 3 is 2.16 bits per heavy atom. The molecule has 1 aromatic carbocycles. The first-order chi connectivity index (χ1) is 8.95. The third kappa shape index (κ3) is 2.51. The maximum absolute atomic E-state index is 11.9. The Balaban J connectivity index is 2.28. The minimum atomic E-state index is -0.964. The molecule has 0 bridgehead atoms. The van der Waals surface area contributed by atoms with E-state index in [9.17, 15) is 9.59 Å². The summed E-state index contributed by atoms with van der Waals surface area (Å²) in [6.07, 6.45) is -0.166. The van der Waals surface area contributed by atoms with Gasteiger partial charge in [0.15, 0.2) is 0 Å². The predicted octanol–water partition coefficient (Wildman–Crippen LogP) is 1.84. The summed E-state index contributed by atoms with van der Waals surface area (Å²) in [5.74, 6) is -0.417. The number of amides is 2. The lowest BCUT2D eigenvalue weighted by Crippen LogP contribution is -2.51. The fourth-order valence-corrected chi connectivity index (χ4v) is 2.65. The molecule has 0 saturated carbocycles. The standard InChI is InChI=1S/C13H15ClN2O3/c14-10-3-1-9(2-4-10)13(11(15)17)5-7-16(8-6-13)12(18)19/h1-4H,5-8H2,(H2,15,17)(H,18,19). The number of carboxylic acid groups (broad SMARTS) is 1. The number of carbonyl (C=O) groups excluding carboxylic acids is 1. The van der Waals surface area contributed by atoms with E-state index < -0.39 is 17.4 Å². The zero-order valence-electron chi connectivity index (χ0n) is 10.3. The zero-order valence-corrected chi connectivity index (χ0v) is 11.1. The number of piperidine rings is 1. The topological polar surface area (TPSA) is 83.6 Å². The summed E-state index contributed by atoms with van der Waals surface area (Å²) >= 11 is 5.84. The van der Waals surface area contributed by atoms with Gasteiger partial charge in [0, 0.05) is 18.1 Å². The molecule has 0 unspecified atom stereocenters. The van der Waals surface area contributed by atoms with Crippen LogP contribution in [-0.4, -0.2) is 35.1 Å². The number of hydrogen-bond acceptors (Lipinski definition) is 2. The van der Waals surface area contributed by atoms with Crippen molar-refractivity contribution in [3.63, 3.8) is 0 Å². The van der Waals surface area contributed by atoms with Crippen LogP contribution in [0.2, 0.25) is 5.02 Å². The summed E-state index contributed by atoms with van der Waals surface area (Å²) < 4.78 is 0. The van der Waals surface area contributed by atoms with Gasteiger partial charge < -0.3 is 15.7 Å². The summed E-state index contributed by atoms with van der Waals surface area (Å²) in [4.78, 5) is 24.1. The van der Waals surface area contributed by atoms with Crippen LogP contribution >= 0.6 is 11.6 Å². The second kappa shape index (κ2) is 5.09. The number of benzene rings is 1. The summed E-state index contributed by atoms with van der Waals surface area (Å²) in [5, 5.41) is 9.54. The number of likely N-dealkylation sites (tertiary alicyclic amines) is 1. The molecule has 0 aromatic heterocycles. The Labute approximate surface area is 116 Å². The Kier molecular flexibility index (Phi) is 3.66. The highest BCUT2D eigenvalue weighted by molar-refractivity contribution is 6.30. The van der Waals surface area contributed by atoms with Crippen molar-refractivity contribution in [3.8, 4) is 0 Å². The van der Waals surface area contributed by atoms with E-state index in [4.69, 9.17) is 22.4 Å². The van der Waals surface area contributed by atoms with Crippen LogP contribution in [0.5, 0.6) is 0 Å². The average Bonchev–Trinajstić information content (AvgIpc) is 2.39. The summed E-state index contributed by atoms with van der Waals surface area (Å²) in [7, 11) is 0. The summed E-state index contributed by atoms with van der Waals surface area (Å²) in [5.41, 5.74) is 5.56. The van der Waals surface area contributed by atoms with Gasteiger partial charge in [0.2, 0.25) is 5.91 Å². The third-order valence-electron chi connectivity index (χ3n) is 3.76. The molecule has 1 aliphatic heterocycles. The lowest BCUT2D eigenvalue weighted by atomic mass is 9.72. The second-order valence-electron chi connectivity index (χ2n) is 4.72. The van der Waals surface area contributed by atoms with Crippen LogP contribution in [0.15, 0.2) is 24.3 Å². The zero-order chi connectivity index (χ0) is 14.0. The first-order valence-electron chi connectivity index (χ1n) is 5.99. The fourth-order valence-electron chi connectivity index (χ4n) is 2.53. The number of rotatable bonds is 2. The quantitative estimate of drug-likeness (QED) is 0.868. The molecule has 102 valence electrons. The number of nitrogens with zero attached hydrogens (tertiary/aromatic N) is 1. The van der Waals surface area contributed by atoms with Crippen LogP contribution in [0.1, 0.15) is 18.4 Å². The van der Waals surface area contributed by atoms with Gasteiger partial charge in [-0.3, -0.25) is 4.79 Å². The molecule has 1 aromatic rings. The van der Waals surface area contributed by atoms with Gasteiger partial charge in [-0.05, 0) is 30.5 Å². The molecule has 3 N–H and O–H groups in total. The SMILES string of the molecule is NC(=O)C1(c2ccc(Cl)cc2)CCN(C(=O)O)CC1. The molecule has 1 heterocycles. The van der Waals surface area contributed by atoms with Crippen LogP contribution in [0, 0.1) is 0 Å². The van der Waals surface area contributed by atoms with E-state index in [0.717, 1.165) is 5.56 Å². The van der Waals surface area contributed by atoms with Gasteiger partial charge in [0.05, 0.1) is 5.41 Å². The largest absolute Gasteiger partial charge is 0.465 e. The fraction of sp³-hybridized carbons (Fsp3) is 0.385. The number of hydrogen-bond donors (Lipinski definition) is 2. The molecule has 1 saturated heterocycles. The summed E-state index contributed by atoms with van der Waals surface area (Å²) in [6.45, 7) is 0.613.